The third-order valence-corrected chi connectivity index (χ3v) is 5.17. The van der Waals surface area contributed by atoms with Gasteiger partial charge in [0.2, 0.25) is 0 Å². The number of aromatic nitrogens is 2. The van der Waals surface area contributed by atoms with E-state index < -0.39 is 0 Å². The zero-order valence-electron chi connectivity index (χ0n) is 12.2. The van der Waals surface area contributed by atoms with Crippen LogP contribution in [0.5, 0.6) is 0 Å². The van der Waals surface area contributed by atoms with Gasteiger partial charge in [-0.2, -0.15) is 10.2 Å². The molecule has 4 rings (SSSR count). The van der Waals surface area contributed by atoms with E-state index in [1.807, 2.05) is 12.4 Å². The minimum absolute atomic E-state index is 0.199. The summed E-state index contributed by atoms with van der Waals surface area (Å²) in [6.45, 7) is 2.05. The van der Waals surface area contributed by atoms with E-state index in [1.165, 1.54) is 22.3 Å². The van der Waals surface area contributed by atoms with Crippen molar-refractivity contribution in [3.05, 3.63) is 58.4 Å². The van der Waals surface area contributed by atoms with Gasteiger partial charge in [-0.1, -0.05) is 17.7 Å². The first-order valence-electron chi connectivity index (χ1n) is 7.61. The Morgan fingerprint density at radius 3 is 2.33 bits per heavy atom. The second-order valence-corrected chi connectivity index (χ2v) is 6.49. The molecule has 0 atom stereocenters. The van der Waals surface area contributed by atoms with E-state index in [0.29, 0.717) is 5.78 Å². The lowest BCUT2D eigenvalue weighted by Crippen LogP contribution is -2.28. The van der Waals surface area contributed by atoms with Gasteiger partial charge in [-0.3, -0.25) is 4.79 Å². The molecule has 21 heavy (non-hydrogen) atoms. The van der Waals surface area contributed by atoms with Crippen LogP contribution in [0.3, 0.4) is 0 Å². The van der Waals surface area contributed by atoms with E-state index in [1.54, 1.807) is 0 Å². The topological polar surface area (TPSA) is 42.9 Å². The minimum atomic E-state index is -0.199. The van der Waals surface area contributed by atoms with E-state index in [2.05, 4.69) is 35.3 Å². The van der Waals surface area contributed by atoms with Gasteiger partial charge in [0, 0.05) is 11.0 Å². The maximum absolute atomic E-state index is 13.0. The maximum Gasteiger partial charge on any atom is 0.169 e. The number of nitrogens with zero attached hydrogens (tertiary/aromatic N) is 2. The highest BCUT2D eigenvalue weighted by Crippen LogP contribution is 2.45. The number of ketones is 1. The van der Waals surface area contributed by atoms with Crippen molar-refractivity contribution in [2.24, 2.45) is 5.41 Å². The highest BCUT2D eigenvalue weighted by molar-refractivity contribution is 6.05. The molecule has 3 heteroatoms. The molecule has 0 bridgehead atoms. The Morgan fingerprint density at radius 2 is 1.67 bits per heavy atom. The number of hydrogen-bond donors (Lipinski definition) is 0. The molecule has 2 aliphatic carbocycles. The van der Waals surface area contributed by atoms with Crippen LogP contribution in [0.4, 0.5) is 0 Å². The molecule has 0 saturated carbocycles. The smallest absolute Gasteiger partial charge is 0.169 e. The number of hydrogen-bond acceptors (Lipinski definition) is 3. The number of benzene rings is 1. The molecule has 3 nitrogen and oxygen atoms in total. The second kappa shape index (κ2) is 4.48. The highest BCUT2D eigenvalue weighted by atomic mass is 16.1. The van der Waals surface area contributed by atoms with E-state index in [0.717, 1.165) is 37.7 Å². The summed E-state index contributed by atoms with van der Waals surface area (Å²) in [7, 11) is 0. The average molecular weight is 278 g/mol. The number of aryl methyl sites for hydroxylation is 3. The Morgan fingerprint density at radius 1 is 1.00 bits per heavy atom. The lowest BCUT2D eigenvalue weighted by Gasteiger charge is -2.25. The lowest BCUT2D eigenvalue weighted by atomic mass is 9.76. The maximum atomic E-state index is 13.0. The summed E-state index contributed by atoms with van der Waals surface area (Å²) in [5.74, 6) is 0.356. The van der Waals surface area contributed by atoms with Crippen LogP contribution in [0.25, 0.3) is 0 Å². The first-order valence-corrected chi connectivity index (χ1v) is 7.61. The SMILES string of the molecule is Cc1ccc2c(c1)C(=O)C1(CCc3cnncc3CC1)C2. The largest absolute Gasteiger partial charge is 0.294 e. The fraction of sp³-hybridized carbons (Fsp3) is 0.389. The highest BCUT2D eigenvalue weighted by Gasteiger charge is 2.45. The van der Waals surface area contributed by atoms with E-state index in [-0.39, 0.29) is 5.41 Å². The van der Waals surface area contributed by atoms with Gasteiger partial charge < -0.3 is 0 Å². The minimum Gasteiger partial charge on any atom is -0.294 e. The van der Waals surface area contributed by atoms with Crippen LogP contribution in [0.2, 0.25) is 0 Å². The molecule has 1 aromatic heterocycles. The van der Waals surface area contributed by atoms with Gasteiger partial charge in [-0.25, -0.2) is 0 Å². The predicted molar refractivity (Wildman–Crippen MR) is 80.3 cm³/mol. The van der Waals surface area contributed by atoms with Crippen LogP contribution >= 0.6 is 0 Å². The first kappa shape index (κ1) is 12.7. The lowest BCUT2D eigenvalue weighted by molar-refractivity contribution is 0.0794. The Bertz CT molecular complexity index is 709. The molecule has 2 aliphatic rings. The van der Waals surface area contributed by atoms with Crippen molar-refractivity contribution in [1.82, 2.24) is 10.2 Å². The van der Waals surface area contributed by atoms with Gasteiger partial charge in [-0.05, 0) is 61.8 Å². The van der Waals surface area contributed by atoms with Crippen molar-refractivity contribution in [1.29, 1.82) is 0 Å². The van der Waals surface area contributed by atoms with Gasteiger partial charge in [0.15, 0.2) is 5.78 Å². The molecule has 1 aromatic carbocycles. The standard InChI is InChI=1S/C18H18N2O/c1-12-2-3-13-9-18(17(21)16(13)8-12)6-4-14-10-19-20-11-15(14)5-7-18/h2-3,8,10-11H,4-7,9H2,1H3. The number of rotatable bonds is 0. The average Bonchev–Trinajstić information content (AvgIpc) is 2.66. The molecular weight excluding hydrogens is 260 g/mol. The molecule has 0 aliphatic heterocycles. The Kier molecular flexibility index (Phi) is 2.71. The Hall–Kier alpha value is -2.03. The van der Waals surface area contributed by atoms with Gasteiger partial charge >= 0.3 is 0 Å². The van der Waals surface area contributed by atoms with E-state index >= 15 is 0 Å². The van der Waals surface area contributed by atoms with Crippen LogP contribution in [0, 0.1) is 12.3 Å². The quantitative estimate of drug-likeness (QED) is 0.743. The van der Waals surface area contributed by atoms with E-state index in [9.17, 15) is 4.79 Å². The molecular formula is C18H18N2O. The van der Waals surface area contributed by atoms with Crippen molar-refractivity contribution >= 4 is 5.78 Å². The van der Waals surface area contributed by atoms with Crippen LogP contribution in [0.1, 0.15) is 45.5 Å². The number of Topliss-reactive ketones (excluding diaryl/α,β-unsaturated/α-hetero) is 1. The third-order valence-electron chi connectivity index (χ3n) is 5.17. The zero-order valence-corrected chi connectivity index (χ0v) is 12.2. The van der Waals surface area contributed by atoms with Crippen LogP contribution in [-0.2, 0) is 19.3 Å². The summed E-state index contributed by atoms with van der Waals surface area (Å²) in [6.07, 6.45) is 8.36. The summed E-state index contributed by atoms with van der Waals surface area (Å²) in [5.41, 5.74) is 5.69. The molecule has 0 amide bonds. The molecule has 0 saturated heterocycles. The molecule has 1 spiro atoms. The summed E-state index contributed by atoms with van der Waals surface area (Å²) in [5, 5.41) is 7.98. The molecule has 0 N–H and O–H groups in total. The van der Waals surface area contributed by atoms with Crippen molar-refractivity contribution < 1.29 is 4.79 Å². The number of carbonyl (C=O) groups excluding carboxylic acids is 1. The molecule has 1 heterocycles. The van der Waals surface area contributed by atoms with Crippen LogP contribution < -0.4 is 0 Å². The molecule has 2 aromatic rings. The molecule has 0 radical (unpaired) electrons. The van der Waals surface area contributed by atoms with Crippen LogP contribution in [-0.4, -0.2) is 16.0 Å². The second-order valence-electron chi connectivity index (χ2n) is 6.49. The fourth-order valence-electron chi connectivity index (χ4n) is 3.89. The van der Waals surface area contributed by atoms with Gasteiger partial charge in [0.05, 0.1) is 12.4 Å². The molecule has 0 fully saturated rings. The summed E-state index contributed by atoms with van der Waals surface area (Å²) in [4.78, 5) is 13.0. The molecule has 0 unspecified atom stereocenters. The monoisotopic (exact) mass is 278 g/mol. The Balaban J connectivity index is 1.70. The normalized spacial score (nSPS) is 19.2. The summed E-state index contributed by atoms with van der Waals surface area (Å²) in [6, 6.07) is 6.32. The Labute approximate surface area is 124 Å². The van der Waals surface area contributed by atoms with Crippen molar-refractivity contribution in [2.75, 3.05) is 0 Å². The van der Waals surface area contributed by atoms with Crippen LogP contribution in [0.15, 0.2) is 30.6 Å². The number of carbonyl (C=O) groups is 1. The van der Waals surface area contributed by atoms with Crippen molar-refractivity contribution in [2.45, 2.75) is 39.0 Å². The zero-order chi connectivity index (χ0) is 14.4. The van der Waals surface area contributed by atoms with Crippen molar-refractivity contribution in [3.8, 4) is 0 Å². The number of fused-ring (bicyclic) bond motifs is 2. The van der Waals surface area contributed by atoms with Gasteiger partial charge in [-0.15, -0.1) is 0 Å². The molecule has 106 valence electrons. The van der Waals surface area contributed by atoms with Gasteiger partial charge in [0.25, 0.3) is 0 Å². The summed E-state index contributed by atoms with van der Waals surface area (Å²) >= 11 is 0. The van der Waals surface area contributed by atoms with E-state index in [4.69, 9.17) is 0 Å². The third kappa shape index (κ3) is 1.91. The summed E-state index contributed by atoms with van der Waals surface area (Å²) < 4.78 is 0. The predicted octanol–water partition coefficient (Wildman–Crippen LogP) is 3.09. The first-order chi connectivity index (χ1) is 10.2. The van der Waals surface area contributed by atoms with Crippen molar-refractivity contribution in [3.63, 3.8) is 0 Å². The fourth-order valence-corrected chi connectivity index (χ4v) is 3.89. The van der Waals surface area contributed by atoms with Gasteiger partial charge in [0.1, 0.15) is 0 Å².